The predicted octanol–water partition coefficient (Wildman–Crippen LogP) is 3.26. The number of nitrogens with zero attached hydrogens (tertiary/aromatic N) is 3. The van der Waals surface area contributed by atoms with Crippen LogP contribution in [0.1, 0.15) is 32.1 Å². The minimum absolute atomic E-state index is 0.0877. The molecule has 0 radical (unpaired) electrons. The van der Waals surface area contributed by atoms with Crippen LogP contribution in [-0.2, 0) is 9.59 Å². The molecule has 1 fully saturated rings. The van der Waals surface area contributed by atoms with Crippen LogP contribution in [0.5, 0.6) is 0 Å². The van der Waals surface area contributed by atoms with E-state index in [0.717, 1.165) is 18.8 Å². The molecule has 2 aliphatic rings. The third kappa shape index (κ3) is 4.84. The summed E-state index contributed by atoms with van der Waals surface area (Å²) in [7, 11) is 0. The van der Waals surface area contributed by atoms with Gasteiger partial charge in [-0.1, -0.05) is 12.8 Å². The molecule has 8 heteroatoms. The fourth-order valence-corrected chi connectivity index (χ4v) is 3.99. The number of hydrogen-bond acceptors (Lipinski definition) is 5. The van der Waals surface area contributed by atoms with E-state index in [1.54, 1.807) is 0 Å². The van der Waals surface area contributed by atoms with E-state index in [1.807, 2.05) is 24.3 Å². The van der Waals surface area contributed by atoms with Gasteiger partial charge in [0.15, 0.2) is 0 Å². The van der Waals surface area contributed by atoms with Crippen molar-refractivity contribution in [2.24, 2.45) is 10.8 Å². The molecule has 0 aromatic heterocycles. The quantitative estimate of drug-likeness (QED) is 0.772. The second kappa shape index (κ2) is 9.16. The zero-order valence-electron chi connectivity index (χ0n) is 17.3. The Hall–Kier alpha value is -3.42. The van der Waals surface area contributed by atoms with E-state index in [4.69, 9.17) is 5.73 Å². The van der Waals surface area contributed by atoms with Gasteiger partial charge in [-0.2, -0.15) is 5.10 Å². The number of carbonyl (C=O) groups excluding carboxylic acids is 2. The van der Waals surface area contributed by atoms with Gasteiger partial charge in [-0.05, 0) is 61.4 Å². The van der Waals surface area contributed by atoms with Crippen molar-refractivity contribution in [1.82, 2.24) is 0 Å². The number of hydrogen-bond donors (Lipinski definition) is 2. The molecule has 1 unspecified atom stereocenters. The highest BCUT2D eigenvalue weighted by Crippen LogP contribution is 2.26. The Labute approximate surface area is 180 Å². The van der Waals surface area contributed by atoms with Crippen molar-refractivity contribution in [3.05, 3.63) is 54.3 Å². The summed E-state index contributed by atoms with van der Waals surface area (Å²) in [5, 5.41) is 8.51. The molecule has 3 N–H and O–H groups in total. The van der Waals surface area contributed by atoms with Gasteiger partial charge in [-0.15, -0.1) is 0 Å². The van der Waals surface area contributed by atoms with Crippen LogP contribution < -0.4 is 21.0 Å². The molecule has 162 valence electrons. The zero-order chi connectivity index (χ0) is 21.8. The van der Waals surface area contributed by atoms with E-state index < -0.39 is 23.7 Å². The Balaban J connectivity index is 1.45. The molecule has 2 amide bonds. The van der Waals surface area contributed by atoms with E-state index in [0.29, 0.717) is 11.4 Å². The molecular formula is C23H26FN5O2. The zero-order valence-corrected chi connectivity index (χ0v) is 17.3. The smallest absolute Gasteiger partial charge is 0.271 e. The van der Waals surface area contributed by atoms with E-state index in [2.05, 4.69) is 15.3 Å². The monoisotopic (exact) mass is 423 g/mol. The van der Waals surface area contributed by atoms with Crippen LogP contribution in [0.3, 0.4) is 0 Å². The molecule has 2 aromatic rings. The summed E-state index contributed by atoms with van der Waals surface area (Å²) >= 11 is 0. The van der Waals surface area contributed by atoms with Crippen LogP contribution in [0.25, 0.3) is 0 Å². The van der Waals surface area contributed by atoms with Gasteiger partial charge in [-0.25, -0.2) is 4.39 Å². The van der Waals surface area contributed by atoms with E-state index in [1.165, 1.54) is 55.0 Å². The molecule has 4 rings (SSSR count). The van der Waals surface area contributed by atoms with E-state index in [-0.39, 0.29) is 12.1 Å². The number of primary amides is 1. The molecule has 2 aromatic carbocycles. The summed E-state index contributed by atoms with van der Waals surface area (Å²) < 4.78 is 13.2. The highest BCUT2D eigenvalue weighted by atomic mass is 19.1. The van der Waals surface area contributed by atoms with Crippen molar-refractivity contribution in [2.45, 2.75) is 38.1 Å². The summed E-state index contributed by atoms with van der Waals surface area (Å²) in [6.45, 7) is 2.10. The van der Waals surface area contributed by atoms with Crippen LogP contribution in [0, 0.1) is 5.82 Å². The Morgan fingerprint density at radius 2 is 1.55 bits per heavy atom. The Morgan fingerprint density at radius 3 is 2.16 bits per heavy atom. The van der Waals surface area contributed by atoms with Gasteiger partial charge in [-0.3, -0.25) is 14.6 Å². The first-order chi connectivity index (χ1) is 15.0. The molecule has 0 spiro atoms. The third-order valence-corrected chi connectivity index (χ3v) is 5.69. The number of benzene rings is 2. The van der Waals surface area contributed by atoms with Crippen LogP contribution in [-0.4, -0.2) is 36.7 Å². The number of amides is 2. The Kier molecular flexibility index (Phi) is 6.16. The highest BCUT2D eigenvalue weighted by molar-refractivity contribution is 6.44. The Morgan fingerprint density at radius 1 is 0.935 bits per heavy atom. The van der Waals surface area contributed by atoms with Gasteiger partial charge in [0.05, 0.1) is 5.69 Å². The maximum absolute atomic E-state index is 13.2. The molecule has 7 nitrogen and oxygen atoms in total. The lowest BCUT2D eigenvalue weighted by Gasteiger charge is -2.22. The number of anilines is 3. The average Bonchev–Trinajstić information content (AvgIpc) is 3.04. The molecule has 1 atom stereocenters. The summed E-state index contributed by atoms with van der Waals surface area (Å²) in [4.78, 5) is 27.0. The van der Waals surface area contributed by atoms with Crippen molar-refractivity contribution < 1.29 is 14.0 Å². The third-order valence-electron chi connectivity index (χ3n) is 5.69. The van der Waals surface area contributed by atoms with Crippen molar-refractivity contribution in [1.29, 1.82) is 0 Å². The molecule has 2 aliphatic heterocycles. The standard InChI is InChI=1S/C23H26FN5O2/c24-16-5-9-19(10-6-16)29-21(22(25)30)15-20(27-29)23(31)26-17-7-11-18(12-8-17)28-13-3-1-2-4-14-28/h5-12,21H,1-4,13-15H2,(H2,25,30)(H,26,31). The molecule has 31 heavy (non-hydrogen) atoms. The molecule has 0 saturated carbocycles. The number of rotatable bonds is 5. The van der Waals surface area contributed by atoms with Crippen LogP contribution >= 0.6 is 0 Å². The topological polar surface area (TPSA) is 91.0 Å². The van der Waals surface area contributed by atoms with Gasteiger partial charge in [0.2, 0.25) is 5.91 Å². The van der Waals surface area contributed by atoms with Crippen molar-refractivity contribution in [2.75, 3.05) is 28.3 Å². The van der Waals surface area contributed by atoms with E-state index in [9.17, 15) is 14.0 Å². The molecule has 0 bridgehead atoms. The van der Waals surface area contributed by atoms with Gasteiger partial charge < -0.3 is 16.0 Å². The van der Waals surface area contributed by atoms with E-state index >= 15 is 0 Å². The number of carbonyl (C=O) groups is 2. The van der Waals surface area contributed by atoms with Gasteiger partial charge in [0.1, 0.15) is 17.6 Å². The minimum Gasteiger partial charge on any atom is -0.372 e. The predicted molar refractivity (Wildman–Crippen MR) is 120 cm³/mol. The normalized spacial score (nSPS) is 19.0. The first-order valence-electron chi connectivity index (χ1n) is 10.6. The highest BCUT2D eigenvalue weighted by Gasteiger charge is 2.35. The molecule has 2 heterocycles. The maximum Gasteiger partial charge on any atom is 0.271 e. The fourth-order valence-electron chi connectivity index (χ4n) is 3.99. The number of halogens is 1. The van der Waals surface area contributed by atoms with Crippen molar-refractivity contribution in [3.8, 4) is 0 Å². The summed E-state index contributed by atoms with van der Waals surface area (Å²) in [6.07, 6.45) is 5.03. The van der Waals surface area contributed by atoms with Gasteiger partial charge in [0.25, 0.3) is 5.91 Å². The SMILES string of the molecule is NC(=O)C1CC(C(=O)Nc2ccc(N3CCCCCC3)cc2)=NN1c1ccc(F)cc1. The van der Waals surface area contributed by atoms with Crippen molar-refractivity contribution in [3.63, 3.8) is 0 Å². The van der Waals surface area contributed by atoms with Crippen LogP contribution in [0.2, 0.25) is 0 Å². The largest absolute Gasteiger partial charge is 0.372 e. The van der Waals surface area contributed by atoms with Gasteiger partial charge in [0, 0.05) is 30.9 Å². The van der Waals surface area contributed by atoms with Crippen LogP contribution in [0.4, 0.5) is 21.5 Å². The molecular weight excluding hydrogens is 397 g/mol. The lowest BCUT2D eigenvalue weighted by Crippen LogP contribution is -2.39. The first kappa shape index (κ1) is 20.8. The second-order valence-electron chi connectivity index (χ2n) is 7.89. The average molecular weight is 423 g/mol. The number of nitrogens with two attached hydrogens (primary N) is 1. The maximum atomic E-state index is 13.2. The molecule has 1 saturated heterocycles. The van der Waals surface area contributed by atoms with Crippen molar-refractivity contribution >= 4 is 34.6 Å². The number of nitrogens with one attached hydrogen (secondary N) is 1. The lowest BCUT2D eigenvalue weighted by atomic mass is 10.1. The Bertz CT molecular complexity index is 966. The minimum atomic E-state index is -0.795. The fraction of sp³-hybridized carbons (Fsp3) is 0.348. The number of hydrazone groups is 1. The molecule has 0 aliphatic carbocycles. The van der Waals surface area contributed by atoms with Crippen LogP contribution in [0.15, 0.2) is 53.6 Å². The summed E-state index contributed by atoms with van der Waals surface area (Å²) in [5.41, 5.74) is 8.00. The van der Waals surface area contributed by atoms with Gasteiger partial charge >= 0.3 is 0 Å². The first-order valence-corrected chi connectivity index (χ1v) is 10.6. The summed E-state index contributed by atoms with van der Waals surface area (Å²) in [5.74, 6) is -1.39. The lowest BCUT2D eigenvalue weighted by molar-refractivity contribution is -0.119. The second-order valence-corrected chi connectivity index (χ2v) is 7.89. The summed E-state index contributed by atoms with van der Waals surface area (Å²) in [6, 6.07) is 12.5.